The predicted octanol–water partition coefficient (Wildman–Crippen LogP) is 4.33. The fourth-order valence-corrected chi connectivity index (χ4v) is 2.26. The maximum absolute atomic E-state index is 13.4. The van der Waals surface area contributed by atoms with Crippen LogP contribution in [0.5, 0.6) is 0 Å². The maximum atomic E-state index is 13.4. The van der Waals surface area contributed by atoms with Crippen LogP contribution in [0.2, 0.25) is 0 Å². The Morgan fingerprint density at radius 2 is 2.00 bits per heavy atom. The molecule has 0 spiro atoms. The summed E-state index contributed by atoms with van der Waals surface area (Å²) < 4.78 is 57.6. The molecule has 1 aromatic heterocycles. The van der Waals surface area contributed by atoms with Crippen LogP contribution in [0.1, 0.15) is 29.7 Å². The van der Waals surface area contributed by atoms with E-state index in [1.807, 2.05) is 0 Å². The van der Waals surface area contributed by atoms with Crippen LogP contribution in [0.4, 0.5) is 17.6 Å². The van der Waals surface area contributed by atoms with Crippen molar-refractivity contribution in [2.45, 2.75) is 25.6 Å². The van der Waals surface area contributed by atoms with Crippen LogP contribution in [0.25, 0.3) is 0 Å². The standard InChI is InChI=1S/C15H15F4NO/c1-2-20-14(7-10-5-6-21-9-10)12-8-11(16)3-4-13(12)15(17,18)19/h3-6,8-9,14,20H,2,7H2,1H3. The fourth-order valence-electron chi connectivity index (χ4n) is 2.26. The molecule has 0 aliphatic carbocycles. The average Bonchev–Trinajstić information content (AvgIpc) is 2.89. The number of furan rings is 1. The molecule has 0 fully saturated rings. The van der Waals surface area contributed by atoms with Gasteiger partial charge >= 0.3 is 6.18 Å². The number of benzene rings is 1. The van der Waals surface area contributed by atoms with Gasteiger partial charge in [-0.15, -0.1) is 0 Å². The molecular weight excluding hydrogens is 286 g/mol. The van der Waals surface area contributed by atoms with Crippen molar-refractivity contribution in [3.8, 4) is 0 Å². The van der Waals surface area contributed by atoms with Crippen molar-refractivity contribution in [3.05, 3.63) is 59.3 Å². The molecule has 0 aliphatic rings. The van der Waals surface area contributed by atoms with Crippen LogP contribution in [0, 0.1) is 5.82 Å². The largest absolute Gasteiger partial charge is 0.472 e. The minimum Gasteiger partial charge on any atom is -0.472 e. The summed E-state index contributed by atoms with van der Waals surface area (Å²) in [6.45, 7) is 2.26. The summed E-state index contributed by atoms with van der Waals surface area (Å²) in [5.74, 6) is -0.687. The van der Waals surface area contributed by atoms with Gasteiger partial charge in [0.05, 0.1) is 18.1 Å². The van der Waals surface area contributed by atoms with E-state index in [9.17, 15) is 17.6 Å². The maximum Gasteiger partial charge on any atom is 0.416 e. The molecule has 0 aliphatic heterocycles. The van der Waals surface area contributed by atoms with Gasteiger partial charge in [0.25, 0.3) is 0 Å². The molecule has 1 unspecified atom stereocenters. The Kier molecular flexibility index (Phi) is 4.67. The highest BCUT2D eigenvalue weighted by molar-refractivity contribution is 5.34. The molecule has 21 heavy (non-hydrogen) atoms. The van der Waals surface area contributed by atoms with E-state index in [1.165, 1.54) is 12.5 Å². The van der Waals surface area contributed by atoms with Gasteiger partial charge in [-0.2, -0.15) is 13.2 Å². The van der Waals surface area contributed by atoms with Crippen LogP contribution < -0.4 is 5.32 Å². The highest BCUT2D eigenvalue weighted by Gasteiger charge is 2.35. The smallest absolute Gasteiger partial charge is 0.416 e. The summed E-state index contributed by atoms with van der Waals surface area (Å²) in [6.07, 6.45) is -1.31. The summed E-state index contributed by atoms with van der Waals surface area (Å²) in [4.78, 5) is 0. The molecule has 1 atom stereocenters. The second-order valence-electron chi connectivity index (χ2n) is 4.68. The first-order valence-corrected chi connectivity index (χ1v) is 6.53. The molecule has 2 nitrogen and oxygen atoms in total. The van der Waals surface area contributed by atoms with Crippen molar-refractivity contribution in [2.24, 2.45) is 0 Å². The minimum atomic E-state index is -4.52. The van der Waals surface area contributed by atoms with Gasteiger partial charge in [0.1, 0.15) is 5.82 Å². The van der Waals surface area contributed by atoms with Crippen LogP contribution >= 0.6 is 0 Å². The molecule has 2 rings (SSSR count). The fraction of sp³-hybridized carbons (Fsp3) is 0.333. The SMILES string of the molecule is CCNC(Cc1ccoc1)c1cc(F)ccc1C(F)(F)F. The lowest BCUT2D eigenvalue weighted by Crippen LogP contribution is -2.26. The molecule has 0 saturated heterocycles. The van der Waals surface area contributed by atoms with E-state index in [-0.39, 0.29) is 12.0 Å². The quantitative estimate of drug-likeness (QED) is 0.832. The average molecular weight is 301 g/mol. The van der Waals surface area contributed by atoms with E-state index in [0.29, 0.717) is 6.54 Å². The molecule has 0 bridgehead atoms. The molecule has 0 amide bonds. The summed E-state index contributed by atoms with van der Waals surface area (Å²) in [5, 5.41) is 2.97. The van der Waals surface area contributed by atoms with Crippen LogP contribution in [-0.4, -0.2) is 6.54 Å². The van der Waals surface area contributed by atoms with Gasteiger partial charge in [-0.05, 0) is 48.4 Å². The monoisotopic (exact) mass is 301 g/mol. The van der Waals surface area contributed by atoms with Crippen LogP contribution in [-0.2, 0) is 12.6 Å². The van der Waals surface area contributed by atoms with E-state index in [4.69, 9.17) is 4.42 Å². The lowest BCUT2D eigenvalue weighted by molar-refractivity contribution is -0.138. The van der Waals surface area contributed by atoms with Crippen molar-refractivity contribution in [2.75, 3.05) is 6.54 Å². The van der Waals surface area contributed by atoms with Gasteiger partial charge in [0.2, 0.25) is 0 Å². The zero-order chi connectivity index (χ0) is 15.5. The van der Waals surface area contributed by atoms with Gasteiger partial charge in [-0.1, -0.05) is 6.92 Å². The van der Waals surface area contributed by atoms with Gasteiger partial charge in [-0.3, -0.25) is 0 Å². The van der Waals surface area contributed by atoms with Crippen LogP contribution in [0.3, 0.4) is 0 Å². The third-order valence-corrected chi connectivity index (χ3v) is 3.16. The Hall–Kier alpha value is -1.82. The molecule has 0 radical (unpaired) electrons. The second-order valence-corrected chi connectivity index (χ2v) is 4.68. The van der Waals surface area contributed by atoms with Crippen molar-refractivity contribution < 1.29 is 22.0 Å². The molecule has 2 aromatic rings. The molecule has 114 valence electrons. The normalized spacial score (nSPS) is 13.4. The number of hydrogen-bond donors (Lipinski definition) is 1. The Labute approximate surface area is 119 Å². The van der Waals surface area contributed by atoms with Crippen molar-refractivity contribution in [3.63, 3.8) is 0 Å². The Morgan fingerprint density at radius 3 is 2.57 bits per heavy atom. The van der Waals surface area contributed by atoms with Crippen LogP contribution in [0.15, 0.2) is 41.2 Å². The third kappa shape index (κ3) is 3.85. The number of rotatable bonds is 5. The second kappa shape index (κ2) is 6.30. The van der Waals surface area contributed by atoms with E-state index >= 15 is 0 Å². The Balaban J connectivity index is 2.41. The van der Waals surface area contributed by atoms with Crippen molar-refractivity contribution in [1.29, 1.82) is 0 Å². The topological polar surface area (TPSA) is 25.2 Å². The molecule has 1 heterocycles. The third-order valence-electron chi connectivity index (χ3n) is 3.16. The van der Waals surface area contributed by atoms with E-state index in [1.54, 1.807) is 13.0 Å². The lowest BCUT2D eigenvalue weighted by Gasteiger charge is -2.22. The number of likely N-dealkylation sites (N-methyl/N-ethyl adjacent to an activating group) is 1. The molecule has 1 aromatic carbocycles. The minimum absolute atomic E-state index is 0.0921. The number of nitrogens with one attached hydrogen (secondary N) is 1. The van der Waals surface area contributed by atoms with E-state index < -0.39 is 23.6 Å². The van der Waals surface area contributed by atoms with E-state index in [2.05, 4.69) is 5.32 Å². The lowest BCUT2D eigenvalue weighted by atomic mass is 9.95. The summed E-state index contributed by atoms with van der Waals surface area (Å²) >= 11 is 0. The van der Waals surface area contributed by atoms with Gasteiger partial charge in [-0.25, -0.2) is 4.39 Å². The first-order chi connectivity index (χ1) is 9.91. The summed E-state index contributed by atoms with van der Waals surface area (Å²) in [7, 11) is 0. The molecule has 1 N–H and O–H groups in total. The first kappa shape index (κ1) is 15.6. The van der Waals surface area contributed by atoms with Crippen molar-refractivity contribution in [1.82, 2.24) is 5.32 Å². The Bertz CT molecular complexity index is 578. The summed E-state index contributed by atoms with van der Waals surface area (Å²) in [5.41, 5.74) is -0.165. The van der Waals surface area contributed by atoms with Gasteiger partial charge < -0.3 is 9.73 Å². The predicted molar refractivity (Wildman–Crippen MR) is 70.2 cm³/mol. The van der Waals surface area contributed by atoms with E-state index in [0.717, 1.165) is 23.8 Å². The Morgan fingerprint density at radius 1 is 1.24 bits per heavy atom. The number of alkyl halides is 3. The molecule has 0 saturated carbocycles. The summed E-state index contributed by atoms with van der Waals surface area (Å²) in [6, 6.07) is 3.59. The highest BCUT2D eigenvalue weighted by Crippen LogP contribution is 2.36. The molecular formula is C15H15F4NO. The number of hydrogen-bond acceptors (Lipinski definition) is 2. The van der Waals surface area contributed by atoms with Gasteiger partial charge in [0.15, 0.2) is 0 Å². The molecule has 6 heteroatoms. The van der Waals surface area contributed by atoms with Crippen molar-refractivity contribution >= 4 is 0 Å². The number of halogens is 4. The first-order valence-electron chi connectivity index (χ1n) is 6.53. The highest BCUT2D eigenvalue weighted by atomic mass is 19.4. The zero-order valence-corrected chi connectivity index (χ0v) is 11.4. The van der Waals surface area contributed by atoms with Gasteiger partial charge in [0, 0.05) is 6.04 Å². The zero-order valence-electron chi connectivity index (χ0n) is 11.4.